The number of urea groups is 1. The van der Waals surface area contributed by atoms with Crippen LogP contribution in [0.4, 0.5) is 4.79 Å². The predicted molar refractivity (Wildman–Crippen MR) is 119 cm³/mol. The van der Waals surface area contributed by atoms with Crippen molar-refractivity contribution in [2.75, 3.05) is 26.2 Å². The monoisotopic (exact) mass is 441 g/mol. The minimum Gasteiger partial charge on any atom is -0.337 e. The van der Waals surface area contributed by atoms with Crippen LogP contribution in [0.2, 0.25) is 0 Å². The molecule has 2 aromatic carbocycles. The predicted octanol–water partition coefficient (Wildman–Crippen LogP) is 2.49. The number of hydrogen-bond acceptors (Lipinski definition) is 4. The molecule has 0 aliphatic carbocycles. The summed E-state index contributed by atoms with van der Waals surface area (Å²) in [5.74, 6) is 0.642. The van der Waals surface area contributed by atoms with Crippen LogP contribution in [0.1, 0.15) is 17.8 Å². The van der Waals surface area contributed by atoms with Gasteiger partial charge in [0.2, 0.25) is 0 Å². The summed E-state index contributed by atoms with van der Waals surface area (Å²) in [5.41, 5.74) is 1.05. The van der Waals surface area contributed by atoms with Crippen LogP contribution < -0.4 is 5.32 Å². The molecular formula is C22H27N5O3S. The first kappa shape index (κ1) is 21.3. The molecule has 1 aliphatic rings. The Hall–Kier alpha value is -2.91. The first-order valence-corrected chi connectivity index (χ1v) is 11.8. The second-order valence-corrected chi connectivity index (χ2v) is 9.66. The lowest BCUT2D eigenvalue weighted by molar-refractivity contribution is 0.200. The van der Waals surface area contributed by atoms with E-state index in [-0.39, 0.29) is 17.6 Å². The van der Waals surface area contributed by atoms with Gasteiger partial charge >= 0.3 is 6.03 Å². The summed E-state index contributed by atoms with van der Waals surface area (Å²) < 4.78 is 29.0. The smallest absolute Gasteiger partial charge is 0.317 e. The van der Waals surface area contributed by atoms with Crippen molar-refractivity contribution in [2.45, 2.75) is 24.9 Å². The number of benzene rings is 2. The number of nitrogens with one attached hydrogen (secondary N) is 1. The van der Waals surface area contributed by atoms with E-state index in [1.165, 1.54) is 10.5 Å². The molecule has 0 radical (unpaired) electrons. The van der Waals surface area contributed by atoms with Crippen molar-refractivity contribution in [1.82, 2.24) is 24.1 Å². The number of sulfonamides is 1. The normalized spacial score (nSPS) is 15.7. The summed E-state index contributed by atoms with van der Waals surface area (Å²) in [4.78, 5) is 18.6. The summed E-state index contributed by atoms with van der Waals surface area (Å²) in [6, 6.07) is 13.9. The number of amides is 2. The molecule has 2 amide bonds. The van der Waals surface area contributed by atoms with E-state index in [0.29, 0.717) is 38.4 Å². The van der Waals surface area contributed by atoms with Crippen molar-refractivity contribution >= 4 is 26.8 Å². The molecule has 3 aromatic rings. The highest BCUT2D eigenvalue weighted by atomic mass is 32.2. The third-order valence-corrected chi connectivity index (χ3v) is 7.51. The van der Waals surface area contributed by atoms with Crippen LogP contribution in [0.25, 0.3) is 10.8 Å². The Morgan fingerprint density at radius 3 is 2.61 bits per heavy atom. The van der Waals surface area contributed by atoms with Gasteiger partial charge in [-0.1, -0.05) is 42.5 Å². The van der Waals surface area contributed by atoms with E-state index in [9.17, 15) is 13.2 Å². The maximum Gasteiger partial charge on any atom is 0.317 e. The molecule has 2 heterocycles. The molecule has 4 rings (SSSR count). The SMILES string of the molecule is Cc1nc(S(=O)(=O)N2CCCN(C(=O)NCc3cccc4ccccc34)CC2)cn1C. The van der Waals surface area contributed by atoms with Crippen molar-refractivity contribution < 1.29 is 13.2 Å². The Kier molecular flexibility index (Phi) is 5.97. The van der Waals surface area contributed by atoms with E-state index in [0.717, 1.165) is 16.3 Å². The van der Waals surface area contributed by atoms with Crippen LogP contribution in [0.3, 0.4) is 0 Å². The quantitative estimate of drug-likeness (QED) is 0.674. The number of imidazole rings is 1. The zero-order valence-corrected chi connectivity index (χ0v) is 18.6. The van der Waals surface area contributed by atoms with E-state index in [1.54, 1.807) is 23.4 Å². The lowest BCUT2D eigenvalue weighted by Crippen LogP contribution is -2.42. The molecule has 9 heteroatoms. The molecular weight excluding hydrogens is 414 g/mol. The topological polar surface area (TPSA) is 87.5 Å². The van der Waals surface area contributed by atoms with Crippen molar-refractivity contribution in [1.29, 1.82) is 0 Å². The molecule has 8 nitrogen and oxygen atoms in total. The first-order chi connectivity index (χ1) is 14.9. The molecule has 0 bridgehead atoms. The largest absolute Gasteiger partial charge is 0.337 e. The first-order valence-electron chi connectivity index (χ1n) is 10.4. The summed E-state index contributed by atoms with van der Waals surface area (Å²) in [6.45, 7) is 3.65. The van der Waals surface area contributed by atoms with Crippen molar-refractivity contribution in [3.8, 4) is 0 Å². The average molecular weight is 442 g/mol. The number of aromatic nitrogens is 2. The van der Waals surface area contributed by atoms with Crippen molar-refractivity contribution in [3.05, 3.63) is 60.0 Å². The molecule has 1 fully saturated rings. The number of aryl methyl sites for hydroxylation is 2. The van der Waals surface area contributed by atoms with Gasteiger partial charge in [0.15, 0.2) is 5.03 Å². The summed E-state index contributed by atoms with van der Waals surface area (Å²) >= 11 is 0. The van der Waals surface area contributed by atoms with Gasteiger partial charge in [0.25, 0.3) is 10.0 Å². The Labute approximate surface area is 182 Å². The summed E-state index contributed by atoms with van der Waals surface area (Å²) in [6.07, 6.45) is 2.11. The minimum absolute atomic E-state index is 0.0568. The molecule has 0 atom stereocenters. The van der Waals surface area contributed by atoms with Gasteiger partial charge in [-0.25, -0.2) is 18.2 Å². The lowest BCUT2D eigenvalue weighted by atomic mass is 10.0. The van der Waals surface area contributed by atoms with E-state index in [1.807, 2.05) is 42.5 Å². The van der Waals surface area contributed by atoms with Gasteiger partial charge in [-0.15, -0.1) is 0 Å². The zero-order valence-electron chi connectivity index (χ0n) is 17.8. The maximum atomic E-state index is 12.9. The second kappa shape index (κ2) is 8.68. The second-order valence-electron chi connectivity index (χ2n) is 7.78. The Balaban J connectivity index is 1.39. The molecule has 0 saturated carbocycles. The Bertz CT molecular complexity index is 1180. The van der Waals surface area contributed by atoms with Gasteiger partial charge in [-0.05, 0) is 29.7 Å². The highest BCUT2D eigenvalue weighted by Crippen LogP contribution is 2.19. The van der Waals surface area contributed by atoms with E-state index >= 15 is 0 Å². The van der Waals surface area contributed by atoms with Gasteiger partial charge in [0.05, 0.1) is 0 Å². The molecule has 1 aliphatic heterocycles. The van der Waals surface area contributed by atoms with Crippen molar-refractivity contribution in [2.24, 2.45) is 7.05 Å². The van der Waals surface area contributed by atoms with E-state index in [4.69, 9.17) is 0 Å². The fraction of sp³-hybridized carbons (Fsp3) is 0.364. The van der Waals surface area contributed by atoms with Crippen LogP contribution >= 0.6 is 0 Å². The standard InChI is InChI=1S/C22H27N5O3S/c1-17-24-21(16-25(17)2)31(29,30)27-12-6-11-26(13-14-27)22(28)23-15-19-9-5-8-18-7-3-4-10-20(18)19/h3-5,7-10,16H,6,11-15H2,1-2H3,(H,23,28). The Morgan fingerprint density at radius 2 is 1.84 bits per heavy atom. The lowest BCUT2D eigenvalue weighted by Gasteiger charge is -2.22. The third-order valence-electron chi connectivity index (χ3n) is 5.74. The van der Waals surface area contributed by atoms with Crippen LogP contribution in [0.5, 0.6) is 0 Å². The van der Waals surface area contributed by atoms with Crippen LogP contribution in [0.15, 0.2) is 53.7 Å². The fourth-order valence-corrected chi connectivity index (χ4v) is 5.34. The summed E-state index contributed by atoms with van der Waals surface area (Å²) in [7, 11) is -1.90. The molecule has 0 spiro atoms. The maximum absolute atomic E-state index is 12.9. The van der Waals surface area contributed by atoms with Crippen LogP contribution in [-0.4, -0.2) is 59.4 Å². The van der Waals surface area contributed by atoms with E-state index < -0.39 is 10.0 Å². The molecule has 1 saturated heterocycles. The molecule has 164 valence electrons. The van der Waals surface area contributed by atoms with Crippen molar-refractivity contribution in [3.63, 3.8) is 0 Å². The third kappa shape index (κ3) is 4.42. The highest BCUT2D eigenvalue weighted by Gasteiger charge is 2.30. The average Bonchev–Trinajstić information content (AvgIpc) is 2.96. The van der Waals surface area contributed by atoms with Gasteiger partial charge in [-0.2, -0.15) is 4.31 Å². The van der Waals surface area contributed by atoms with Crippen LogP contribution in [-0.2, 0) is 23.6 Å². The molecule has 1 aromatic heterocycles. The Morgan fingerprint density at radius 1 is 1.06 bits per heavy atom. The van der Waals surface area contributed by atoms with Gasteiger partial charge in [0.1, 0.15) is 5.82 Å². The number of rotatable bonds is 4. The van der Waals surface area contributed by atoms with Gasteiger partial charge in [-0.3, -0.25) is 0 Å². The minimum atomic E-state index is -3.67. The fourth-order valence-electron chi connectivity index (χ4n) is 3.85. The number of hydrogen-bond donors (Lipinski definition) is 1. The number of carbonyl (C=O) groups excluding carboxylic acids is 1. The van der Waals surface area contributed by atoms with E-state index in [2.05, 4.69) is 10.3 Å². The van der Waals surface area contributed by atoms with Gasteiger partial charge < -0.3 is 14.8 Å². The summed E-state index contributed by atoms with van der Waals surface area (Å²) in [5, 5.41) is 5.29. The van der Waals surface area contributed by atoms with Gasteiger partial charge in [0, 0.05) is 46.0 Å². The molecule has 0 unspecified atom stereocenters. The number of fused-ring (bicyclic) bond motifs is 1. The zero-order chi connectivity index (χ0) is 22.0. The number of nitrogens with zero attached hydrogens (tertiary/aromatic N) is 4. The molecule has 1 N–H and O–H groups in total. The number of carbonyl (C=O) groups is 1. The molecule has 31 heavy (non-hydrogen) atoms. The van der Waals surface area contributed by atoms with Crippen LogP contribution in [0, 0.1) is 6.92 Å². The highest BCUT2D eigenvalue weighted by molar-refractivity contribution is 7.89.